The Morgan fingerprint density at radius 3 is 2.42 bits per heavy atom. The molecular weight excluding hydrogens is 482 g/mol. The summed E-state index contributed by atoms with van der Waals surface area (Å²) in [7, 11) is -2.54. The van der Waals surface area contributed by atoms with Crippen LogP contribution in [0, 0.1) is 29.9 Å². The molecule has 0 unspecified atom stereocenters. The molecule has 1 fully saturated rings. The minimum absolute atomic E-state index is 0.0328. The molecule has 1 aliphatic rings. The minimum atomic E-state index is -4.07. The number of nitrogens with zero attached hydrogens (tertiary/aromatic N) is 3. The van der Waals surface area contributed by atoms with Crippen molar-refractivity contribution in [3.05, 3.63) is 86.5 Å². The molecule has 1 aliphatic carbocycles. The highest BCUT2D eigenvalue weighted by atomic mass is 32.2. The fraction of sp³-hybridized carbons (Fsp3) is 0.269. The molecule has 4 aromatic rings. The fourth-order valence-corrected chi connectivity index (χ4v) is 5.72. The van der Waals surface area contributed by atoms with Gasteiger partial charge in [-0.1, -0.05) is 17.7 Å². The first kappa shape index (κ1) is 23.8. The van der Waals surface area contributed by atoms with E-state index < -0.39 is 20.5 Å². The highest BCUT2D eigenvalue weighted by Gasteiger charge is 2.28. The summed E-state index contributed by atoms with van der Waals surface area (Å²) in [4.78, 5) is 24.5. The van der Waals surface area contributed by atoms with Crippen LogP contribution in [0.2, 0.25) is 0 Å². The molecule has 2 aromatic heterocycles. The lowest BCUT2D eigenvalue weighted by Crippen LogP contribution is -2.22. The molecule has 2 heterocycles. The Kier molecular flexibility index (Phi) is 5.71. The van der Waals surface area contributed by atoms with Crippen molar-refractivity contribution in [3.8, 4) is 16.9 Å². The third-order valence-electron chi connectivity index (χ3n) is 6.60. The second-order valence-corrected chi connectivity index (χ2v) is 11.1. The monoisotopic (exact) mass is 507 g/mol. The molecule has 2 aromatic carbocycles. The second-order valence-electron chi connectivity index (χ2n) is 9.25. The number of ether oxygens (including phenoxy) is 1. The van der Waals surface area contributed by atoms with E-state index in [1.807, 2.05) is 6.92 Å². The number of aromatic nitrogens is 2. The number of hydrogen-bond acceptors (Lipinski definition) is 6. The summed E-state index contributed by atoms with van der Waals surface area (Å²) < 4.78 is 35.3. The lowest BCUT2D eigenvalue weighted by atomic mass is 9.96. The van der Waals surface area contributed by atoms with Gasteiger partial charge in [0.25, 0.3) is 21.3 Å². The summed E-state index contributed by atoms with van der Waals surface area (Å²) in [5.41, 5.74) is 1.62. The fourth-order valence-electron chi connectivity index (χ4n) is 4.37. The number of nitro benzene ring substituents is 1. The molecule has 0 N–H and O–H groups in total. The first-order valence-corrected chi connectivity index (χ1v) is 13.0. The van der Waals surface area contributed by atoms with Gasteiger partial charge in [0, 0.05) is 47.6 Å². The minimum Gasteiger partial charge on any atom is -0.493 e. The highest BCUT2D eigenvalue weighted by Crippen LogP contribution is 2.42. The number of aryl methyl sites for hydroxylation is 2. The van der Waals surface area contributed by atoms with E-state index in [-0.39, 0.29) is 16.1 Å². The summed E-state index contributed by atoms with van der Waals surface area (Å²) in [5, 5.41) is 12.1. The van der Waals surface area contributed by atoms with E-state index in [2.05, 4.69) is 0 Å². The van der Waals surface area contributed by atoms with E-state index in [1.54, 1.807) is 37.4 Å². The van der Waals surface area contributed by atoms with Crippen molar-refractivity contribution in [2.75, 3.05) is 6.61 Å². The van der Waals surface area contributed by atoms with Gasteiger partial charge in [0.15, 0.2) is 0 Å². The third kappa shape index (κ3) is 3.97. The van der Waals surface area contributed by atoms with E-state index in [0.29, 0.717) is 40.4 Å². The quantitative estimate of drug-likeness (QED) is 0.268. The SMILES string of the molecule is Cc1ccc(S(=O)(=O)n2ccc3c(-c4c(OCC5CC5)ccc([N+](=O)[O-])c4C)cn(C)c(=O)c32)cc1. The lowest BCUT2D eigenvalue weighted by molar-refractivity contribution is -0.385. The van der Waals surface area contributed by atoms with Gasteiger partial charge in [0.1, 0.15) is 11.3 Å². The van der Waals surface area contributed by atoms with Crippen LogP contribution in [0.4, 0.5) is 5.69 Å². The van der Waals surface area contributed by atoms with Crippen molar-refractivity contribution in [2.24, 2.45) is 13.0 Å². The van der Waals surface area contributed by atoms with Crippen molar-refractivity contribution in [1.82, 2.24) is 8.54 Å². The molecule has 0 radical (unpaired) electrons. The van der Waals surface area contributed by atoms with Crippen molar-refractivity contribution < 1.29 is 18.1 Å². The molecular formula is C26H25N3O6S. The Labute approximate surface area is 207 Å². The van der Waals surface area contributed by atoms with Gasteiger partial charge in [-0.15, -0.1) is 0 Å². The van der Waals surface area contributed by atoms with Gasteiger partial charge < -0.3 is 9.30 Å². The molecule has 0 bridgehead atoms. The van der Waals surface area contributed by atoms with Crippen LogP contribution in [0.1, 0.15) is 24.0 Å². The van der Waals surface area contributed by atoms with Crippen LogP contribution < -0.4 is 10.3 Å². The highest BCUT2D eigenvalue weighted by molar-refractivity contribution is 7.90. The summed E-state index contributed by atoms with van der Waals surface area (Å²) in [5.74, 6) is 0.910. The zero-order chi connectivity index (χ0) is 25.8. The van der Waals surface area contributed by atoms with Gasteiger partial charge in [0.05, 0.1) is 16.4 Å². The van der Waals surface area contributed by atoms with Gasteiger partial charge in [0.2, 0.25) is 0 Å². The molecule has 5 rings (SSSR count). The largest absolute Gasteiger partial charge is 0.493 e. The zero-order valence-corrected chi connectivity index (χ0v) is 20.9. The Morgan fingerprint density at radius 1 is 1.08 bits per heavy atom. The Hall–Kier alpha value is -3.92. The Balaban J connectivity index is 1.77. The van der Waals surface area contributed by atoms with E-state index in [9.17, 15) is 23.3 Å². The lowest BCUT2D eigenvalue weighted by Gasteiger charge is -2.16. The topological polar surface area (TPSA) is 113 Å². The van der Waals surface area contributed by atoms with Gasteiger partial charge in [-0.25, -0.2) is 12.4 Å². The Morgan fingerprint density at radius 2 is 1.78 bits per heavy atom. The van der Waals surface area contributed by atoms with Gasteiger partial charge in [-0.2, -0.15) is 0 Å². The van der Waals surface area contributed by atoms with Crippen LogP contribution >= 0.6 is 0 Å². The van der Waals surface area contributed by atoms with Crippen LogP contribution in [0.5, 0.6) is 5.75 Å². The number of rotatable bonds is 7. The molecule has 0 saturated heterocycles. The van der Waals surface area contributed by atoms with Gasteiger partial charge >= 0.3 is 0 Å². The van der Waals surface area contributed by atoms with Crippen molar-refractivity contribution in [1.29, 1.82) is 0 Å². The molecule has 0 aliphatic heterocycles. The molecule has 36 heavy (non-hydrogen) atoms. The molecule has 1 saturated carbocycles. The predicted molar refractivity (Wildman–Crippen MR) is 136 cm³/mol. The number of hydrogen-bond donors (Lipinski definition) is 0. The number of pyridine rings is 1. The smallest absolute Gasteiger partial charge is 0.275 e. The molecule has 0 atom stereocenters. The maximum absolute atomic E-state index is 13.5. The zero-order valence-electron chi connectivity index (χ0n) is 20.1. The third-order valence-corrected chi connectivity index (χ3v) is 8.29. The summed E-state index contributed by atoms with van der Waals surface area (Å²) in [6.07, 6.45) is 5.07. The summed E-state index contributed by atoms with van der Waals surface area (Å²) >= 11 is 0. The number of fused-ring (bicyclic) bond motifs is 1. The average molecular weight is 508 g/mol. The average Bonchev–Trinajstić information content (AvgIpc) is 3.55. The van der Waals surface area contributed by atoms with E-state index in [1.165, 1.54) is 36.0 Å². The maximum Gasteiger partial charge on any atom is 0.275 e. The predicted octanol–water partition coefficient (Wildman–Crippen LogP) is 4.56. The van der Waals surface area contributed by atoms with Crippen LogP contribution in [-0.2, 0) is 17.1 Å². The summed E-state index contributed by atoms with van der Waals surface area (Å²) in [6, 6.07) is 10.9. The first-order valence-electron chi connectivity index (χ1n) is 11.5. The van der Waals surface area contributed by atoms with Crippen LogP contribution in [0.3, 0.4) is 0 Å². The number of nitro groups is 1. The van der Waals surface area contributed by atoms with E-state index in [4.69, 9.17) is 4.74 Å². The van der Waals surface area contributed by atoms with Gasteiger partial charge in [-0.3, -0.25) is 14.9 Å². The molecule has 0 amide bonds. The molecule has 0 spiro atoms. The maximum atomic E-state index is 13.5. The van der Waals surface area contributed by atoms with Crippen LogP contribution in [0.25, 0.3) is 22.0 Å². The van der Waals surface area contributed by atoms with Crippen LogP contribution in [-0.4, -0.2) is 28.5 Å². The van der Waals surface area contributed by atoms with E-state index >= 15 is 0 Å². The van der Waals surface area contributed by atoms with Crippen molar-refractivity contribution in [2.45, 2.75) is 31.6 Å². The summed E-state index contributed by atoms with van der Waals surface area (Å²) in [6.45, 7) is 3.98. The Bertz CT molecular complexity index is 1680. The molecule has 186 valence electrons. The normalized spacial score (nSPS) is 13.8. The van der Waals surface area contributed by atoms with Gasteiger partial charge in [-0.05, 0) is 56.9 Å². The second kappa shape index (κ2) is 8.63. The van der Waals surface area contributed by atoms with Crippen molar-refractivity contribution >= 4 is 26.6 Å². The molecule has 10 heteroatoms. The standard InChI is InChI=1S/C26H25N3O6S/c1-16-4-8-19(9-5-16)36(33,34)28-13-12-20-21(14-27(3)26(30)25(20)28)24-17(2)22(29(31)32)10-11-23(24)35-15-18-6-7-18/h4-5,8-14,18H,6-7,15H2,1-3H3. The van der Waals surface area contributed by atoms with E-state index in [0.717, 1.165) is 22.4 Å². The van der Waals surface area contributed by atoms with Crippen molar-refractivity contribution in [3.63, 3.8) is 0 Å². The van der Waals surface area contributed by atoms with Crippen LogP contribution in [0.15, 0.2) is 64.5 Å². The number of benzene rings is 2. The first-order chi connectivity index (χ1) is 17.1. The molecule has 9 nitrogen and oxygen atoms in total.